The summed E-state index contributed by atoms with van der Waals surface area (Å²) in [6.45, 7) is 4.14. The van der Waals surface area contributed by atoms with Gasteiger partial charge in [0.25, 0.3) is 0 Å². The maximum Gasteiger partial charge on any atom is 0.307 e. The monoisotopic (exact) mass is 350 g/mol. The van der Waals surface area contributed by atoms with Crippen molar-refractivity contribution in [3.05, 3.63) is 35.5 Å². The van der Waals surface area contributed by atoms with Crippen LogP contribution in [0, 0.1) is 11.8 Å². The molecule has 1 atom stereocenters. The summed E-state index contributed by atoms with van der Waals surface area (Å²) < 4.78 is 26.8. The van der Waals surface area contributed by atoms with E-state index in [2.05, 4.69) is 4.98 Å². The normalized spacial score (nSPS) is 17.1. The van der Waals surface area contributed by atoms with Crippen molar-refractivity contribution in [2.45, 2.75) is 26.8 Å². The summed E-state index contributed by atoms with van der Waals surface area (Å²) in [5, 5.41) is 10.4. The van der Waals surface area contributed by atoms with Crippen molar-refractivity contribution >= 4 is 26.9 Å². The lowest BCUT2D eigenvalue weighted by Crippen LogP contribution is -2.41. The first-order chi connectivity index (χ1) is 11.3. The molecule has 0 spiro atoms. The summed E-state index contributed by atoms with van der Waals surface area (Å²) in [4.78, 5) is 14.6. The second-order valence-corrected chi connectivity index (χ2v) is 8.69. The highest BCUT2D eigenvalue weighted by Crippen LogP contribution is 2.29. The Morgan fingerprint density at radius 3 is 2.71 bits per heavy atom. The molecule has 1 aliphatic heterocycles. The van der Waals surface area contributed by atoms with Crippen molar-refractivity contribution in [2.24, 2.45) is 11.8 Å². The molecule has 6 nitrogen and oxygen atoms in total. The minimum atomic E-state index is -3.62. The van der Waals surface area contributed by atoms with Crippen LogP contribution in [-0.2, 0) is 27.8 Å². The van der Waals surface area contributed by atoms with Gasteiger partial charge in [0.2, 0.25) is 10.0 Å². The summed E-state index contributed by atoms with van der Waals surface area (Å²) in [7, 11) is -3.62. The van der Waals surface area contributed by atoms with Crippen LogP contribution >= 0.6 is 0 Å². The molecule has 0 bridgehead atoms. The van der Waals surface area contributed by atoms with Gasteiger partial charge in [0.1, 0.15) is 0 Å². The number of benzene rings is 1. The molecular weight excluding hydrogens is 328 g/mol. The maximum absolute atomic E-state index is 12.7. The van der Waals surface area contributed by atoms with Gasteiger partial charge in [-0.05, 0) is 24.0 Å². The van der Waals surface area contributed by atoms with Crippen LogP contribution in [-0.4, -0.2) is 41.1 Å². The van der Waals surface area contributed by atoms with Gasteiger partial charge >= 0.3 is 5.97 Å². The van der Waals surface area contributed by atoms with Gasteiger partial charge in [0.15, 0.2) is 0 Å². The predicted octanol–water partition coefficient (Wildman–Crippen LogP) is 2.21. The predicted molar refractivity (Wildman–Crippen MR) is 92.2 cm³/mol. The third-order valence-corrected chi connectivity index (χ3v) is 6.63. The molecule has 1 aromatic carbocycles. The molecule has 1 aliphatic rings. The molecule has 130 valence electrons. The van der Waals surface area contributed by atoms with E-state index in [0.717, 1.165) is 22.2 Å². The molecule has 7 heteroatoms. The van der Waals surface area contributed by atoms with Crippen LogP contribution in [0.3, 0.4) is 0 Å². The minimum absolute atomic E-state index is 0.231. The number of sulfonamides is 1. The van der Waals surface area contributed by atoms with Crippen molar-refractivity contribution < 1.29 is 18.3 Å². The lowest BCUT2D eigenvalue weighted by Gasteiger charge is -2.28. The third kappa shape index (κ3) is 3.06. The van der Waals surface area contributed by atoms with Crippen LogP contribution in [0.1, 0.15) is 25.1 Å². The molecule has 3 rings (SSSR count). The van der Waals surface area contributed by atoms with Gasteiger partial charge in [-0.3, -0.25) is 4.79 Å². The largest absolute Gasteiger partial charge is 0.481 e. The summed E-state index contributed by atoms with van der Waals surface area (Å²) in [5.41, 5.74) is 3.07. The molecule has 0 fully saturated rings. The van der Waals surface area contributed by atoms with Crippen molar-refractivity contribution in [3.63, 3.8) is 0 Å². The van der Waals surface area contributed by atoms with Gasteiger partial charge in [-0.2, -0.15) is 4.31 Å². The zero-order valence-corrected chi connectivity index (χ0v) is 14.6. The van der Waals surface area contributed by atoms with Crippen LogP contribution in [0.2, 0.25) is 0 Å². The first-order valence-corrected chi connectivity index (χ1v) is 9.69. The average Bonchev–Trinajstić information content (AvgIpc) is 2.89. The Morgan fingerprint density at radius 2 is 2.04 bits per heavy atom. The maximum atomic E-state index is 12.7. The first-order valence-electron chi connectivity index (χ1n) is 8.08. The van der Waals surface area contributed by atoms with Gasteiger partial charge in [0.05, 0.1) is 18.2 Å². The second kappa shape index (κ2) is 6.22. The zero-order valence-electron chi connectivity index (χ0n) is 13.8. The van der Waals surface area contributed by atoms with E-state index in [-0.39, 0.29) is 18.2 Å². The average molecular weight is 350 g/mol. The smallest absolute Gasteiger partial charge is 0.307 e. The molecule has 24 heavy (non-hydrogen) atoms. The Labute approximate surface area is 141 Å². The number of carboxylic acids is 1. The van der Waals surface area contributed by atoms with Crippen LogP contribution < -0.4 is 0 Å². The van der Waals surface area contributed by atoms with E-state index < -0.39 is 21.9 Å². The number of aromatic amines is 1. The number of para-hydroxylation sites is 1. The van der Waals surface area contributed by atoms with Gasteiger partial charge in [-0.25, -0.2) is 8.42 Å². The van der Waals surface area contributed by atoms with Gasteiger partial charge in [0, 0.05) is 23.1 Å². The number of hydrogen-bond acceptors (Lipinski definition) is 3. The summed E-state index contributed by atoms with van der Waals surface area (Å²) in [5.74, 6) is -2.53. The first kappa shape index (κ1) is 17.0. The second-order valence-electron chi connectivity index (χ2n) is 6.68. The van der Waals surface area contributed by atoms with Crippen molar-refractivity contribution in [3.8, 4) is 0 Å². The molecule has 2 aromatic rings. The van der Waals surface area contributed by atoms with Gasteiger partial charge < -0.3 is 10.1 Å². The Bertz CT molecular complexity index is 870. The van der Waals surface area contributed by atoms with Crippen LogP contribution in [0.25, 0.3) is 10.9 Å². The van der Waals surface area contributed by atoms with E-state index in [0.29, 0.717) is 13.0 Å². The molecule has 2 N–H and O–H groups in total. The number of hydrogen-bond donors (Lipinski definition) is 2. The van der Waals surface area contributed by atoms with E-state index in [1.165, 1.54) is 4.31 Å². The number of rotatable bonds is 5. The van der Waals surface area contributed by atoms with E-state index in [9.17, 15) is 18.3 Å². The zero-order chi connectivity index (χ0) is 17.5. The van der Waals surface area contributed by atoms with Crippen molar-refractivity contribution in [1.29, 1.82) is 0 Å². The fourth-order valence-corrected chi connectivity index (χ4v) is 5.17. The fraction of sp³-hybridized carbons (Fsp3) is 0.471. The van der Waals surface area contributed by atoms with Gasteiger partial charge in [-0.1, -0.05) is 32.0 Å². The SMILES string of the molecule is CC(C)C(CS(=O)(=O)N1CCc2c([nH]c3ccccc23)C1)C(=O)O. The van der Waals surface area contributed by atoms with E-state index in [4.69, 9.17) is 0 Å². The Hall–Kier alpha value is -1.86. The fourth-order valence-electron chi connectivity index (χ4n) is 3.29. The highest BCUT2D eigenvalue weighted by molar-refractivity contribution is 7.89. The van der Waals surface area contributed by atoms with Crippen LogP contribution in [0.4, 0.5) is 0 Å². The molecule has 0 amide bonds. The molecule has 1 unspecified atom stereocenters. The highest BCUT2D eigenvalue weighted by Gasteiger charge is 2.34. The standard InChI is InChI=1S/C17H22N2O4S/c1-11(2)14(17(20)21)10-24(22,23)19-8-7-13-12-5-3-4-6-15(12)18-16(13)9-19/h3-6,11,14,18H,7-10H2,1-2H3,(H,20,21). The lowest BCUT2D eigenvalue weighted by molar-refractivity contribution is -0.142. The molecule has 1 aromatic heterocycles. The number of carbonyl (C=O) groups is 1. The molecule has 0 aliphatic carbocycles. The number of nitrogens with one attached hydrogen (secondary N) is 1. The van der Waals surface area contributed by atoms with E-state index in [1.807, 2.05) is 24.3 Å². The van der Waals surface area contributed by atoms with Crippen molar-refractivity contribution in [2.75, 3.05) is 12.3 Å². The van der Waals surface area contributed by atoms with Crippen LogP contribution in [0.5, 0.6) is 0 Å². The van der Waals surface area contributed by atoms with E-state index >= 15 is 0 Å². The number of nitrogens with zero attached hydrogens (tertiary/aromatic N) is 1. The Kier molecular flexibility index (Phi) is 4.40. The number of carboxylic acid groups (broad SMARTS) is 1. The molecule has 2 heterocycles. The molecule has 0 saturated carbocycles. The number of fused-ring (bicyclic) bond motifs is 3. The summed E-state index contributed by atoms with van der Waals surface area (Å²) >= 11 is 0. The van der Waals surface area contributed by atoms with E-state index in [1.54, 1.807) is 13.8 Å². The minimum Gasteiger partial charge on any atom is -0.481 e. The highest BCUT2D eigenvalue weighted by atomic mass is 32.2. The topological polar surface area (TPSA) is 90.5 Å². The summed E-state index contributed by atoms with van der Waals surface area (Å²) in [6.07, 6.45) is 0.637. The third-order valence-electron chi connectivity index (χ3n) is 4.75. The summed E-state index contributed by atoms with van der Waals surface area (Å²) in [6, 6.07) is 7.93. The van der Waals surface area contributed by atoms with Crippen molar-refractivity contribution in [1.82, 2.24) is 9.29 Å². The quantitative estimate of drug-likeness (QED) is 0.865. The Morgan fingerprint density at radius 1 is 1.33 bits per heavy atom. The van der Waals surface area contributed by atoms with Gasteiger partial charge in [-0.15, -0.1) is 0 Å². The lowest BCUT2D eigenvalue weighted by atomic mass is 9.98. The van der Waals surface area contributed by atoms with Crippen LogP contribution in [0.15, 0.2) is 24.3 Å². The molecular formula is C17H22N2O4S. The number of H-pyrrole nitrogens is 1. The molecule has 0 radical (unpaired) electrons. The Balaban J connectivity index is 1.85. The number of aliphatic carboxylic acids is 1. The number of aromatic nitrogens is 1. The molecule has 0 saturated heterocycles.